The molecule has 15 heavy (non-hydrogen) atoms. The van der Waals surface area contributed by atoms with Crippen molar-refractivity contribution < 1.29 is 4.79 Å². The zero-order valence-corrected chi connectivity index (χ0v) is 10.5. The summed E-state index contributed by atoms with van der Waals surface area (Å²) >= 11 is 0. The van der Waals surface area contributed by atoms with Crippen LogP contribution in [0.25, 0.3) is 0 Å². The van der Waals surface area contributed by atoms with E-state index in [9.17, 15) is 4.79 Å². The molecule has 0 N–H and O–H groups in total. The Kier molecular flexibility index (Phi) is 4.58. The van der Waals surface area contributed by atoms with Crippen LogP contribution in [0, 0.1) is 5.92 Å². The molecule has 3 heteroatoms. The van der Waals surface area contributed by atoms with E-state index in [-0.39, 0.29) is 0 Å². The number of carbonyl (C=O) groups excluding carboxylic acids is 1. The summed E-state index contributed by atoms with van der Waals surface area (Å²) in [5, 5.41) is 0. The van der Waals surface area contributed by atoms with Gasteiger partial charge in [-0.25, -0.2) is 0 Å². The van der Waals surface area contributed by atoms with Gasteiger partial charge in [-0.05, 0) is 32.7 Å². The normalized spacial score (nSPS) is 19.3. The third-order valence-corrected chi connectivity index (χ3v) is 2.98. The van der Waals surface area contributed by atoms with Crippen molar-refractivity contribution in [3.05, 3.63) is 0 Å². The number of carbonyl (C=O) groups is 1. The van der Waals surface area contributed by atoms with Gasteiger partial charge in [-0.15, -0.1) is 0 Å². The number of hydrogen-bond acceptors (Lipinski definition) is 2. The van der Waals surface area contributed by atoms with E-state index < -0.39 is 0 Å². The molecule has 0 saturated carbocycles. The molecule has 1 fully saturated rings. The molecule has 0 unspecified atom stereocenters. The predicted octanol–water partition coefficient (Wildman–Crippen LogP) is 1.59. The molecule has 1 heterocycles. The summed E-state index contributed by atoms with van der Waals surface area (Å²) in [6.45, 7) is 12.2. The van der Waals surface area contributed by atoms with Gasteiger partial charge in [0.05, 0.1) is 6.54 Å². The Balaban J connectivity index is 2.34. The molecule has 1 saturated heterocycles. The van der Waals surface area contributed by atoms with Gasteiger partial charge in [0.15, 0.2) is 0 Å². The van der Waals surface area contributed by atoms with Gasteiger partial charge < -0.3 is 4.90 Å². The van der Waals surface area contributed by atoms with Gasteiger partial charge in [0.1, 0.15) is 0 Å². The van der Waals surface area contributed by atoms with Gasteiger partial charge in [-0.1, -0.05) is 13.8 Å². The maximum Gasteiger partial charge on any atom is 0.237 e. The van der Waals surface area contributed by atoms with E-state index in [0.717, 1.165) is 25.6 Å². The van der Waals surface area contributed by atoms with Gasteiger partial charge in [0, 0.05) is 19.1 Å². The van der Waals surface area contributed by atoms with Gasteiger partial charge in [0.2, 0.25) is 5.91 Å². The van der Waals surface area contributed by atoms with E-state index in [1.54, 1.807) is 0 Å². The lowest BCUT2D eigenvalue weighted by molar-refractivity contribution is -0.137. The summed E-state index contributed by atoms with van der Waals surface area (Å²) in [4.78, 5) is 16.0. The topological polar surface area (TPSA) is 23.6 Å². The van der Waals surface area contributed by atoms with Crippen LogP contribution >= 0.6 is 0 Å². The number of nitrogens with zero attached hydrogens (tertiary/aromatic N) is 2. The fourth-order valence-corrected chi connectivity index (χ4v) is 1.91. The summed E-state index contributed by atoms with van der Waals surface area (Å²) in [6, 6.07) is 0.352. The van der Waals surface area contributed by atoms with Crippen molar-refractivity contribution in [1.82, 2.24) is 9.80 Å². The second-order valence-corrected chi connectivity index (χ2v) is 5.14. The highest BCUT2D eigenvalue weighted by atomic mass is 16.2. The minimum Gasteiger partial charge on any atom is -0.338 e. The highest BCUT2D eigenvalue weighted by molar-refractivity contribution is 5.79. The van der Waals surface area contributed by atoms with Crippen molar-refractivity contribution in [1.29, 1.82) is 0 Å². The lowest BCUT2D eigenvalue weighted by atomic mass is 10.1. The minimum atomic E-state index is 0.292. The lowest BCUT2D eigenvalue weighted by Gasteiger charge is -2.36. The van der Waals surface area contributed by atoms with Gasteiger partial charge in [-0.3, -0.25) is 9.69 Å². The van der Waals surface area contributed by atoms with Crippen molar-refractivity contribution in [2.45, 2.75) is 40.2 Å². The Hall–Kier alpha value is -0.570. The molecule has 0 radical (unpaired) electrons. The molecule has 0 aromatic carbocycles. The van der Waals surface area contributed by atoms with Crippen LogP contribution in [0.3, 0.4) is 0 Å². The third-order valence-electron chi connectivity index (χ3n) is 2.98. The third kappa shape index (κ3) is 3.82. The molecule has 3 nitrogen and oxygen atoms in total. The average molecular weight is 212 g/mol. The Morgan fingerprint density at radius 1 is 1.20 bits per heavy atom. The highest BCUT2D eigenvalue weighted by Crippen LogP contribution is 2.09. The largest absolute Gasteiger partial charge is 0.338 e. The summed E-state index contributed by atoms with van der Waals surface area (Å²) in [5.41, 5.74) is 0. The molecule has 0 bridgehead atoms. The summed E-state index contributed by atoms with van der Waals surface area (Å²) in [7, 11) is 0. The fraction of sp³-hybridized carbons (Fsp3) is 0.917. The first-order chi connectivity index (χ1) is 7.00. The SMILES string of the molecule is CC(C)CCN1CCN(C(C)C)C(=O)C1. The predicted molar refractivity (Wildman–Crippen MR) is 62.7 cm³/mol. The average Bonchev–Trinajstić information content (AvgIpc) is 2.14. The smallest absolute Gasteiger partial charge is 0.237 e. The maximum atomic E-state index is 11.8. The standard InChI is InChI=1S/C12H24N2O/c1-10(2)5-6-13-7-8-14(11(3)4)12(15)9-13/h10-11H,5-9H2,1-4H3. The zero-order valence-electron chi connectivity index (χ0n) is 10.5. The Bertz CT molecular complexity index is 214. The summed E-state index contributed by atoms with van der Waals surface area (Å²) in [5.74, 6) is 1.02. The van der Waals surface area contributed by atoms with E-state index in [0.29, 0.717) is 18.5 Å². The Morgan fingerprint density at radius 2 is 1.87 bits per heavy atom. The Labute approximate surface area is 93.4 Å². The molecule has 1 rings (SSSR count). The second kappa shape index (κ2) is 5.50. The molecule has 1 aliphatic rings. The van der Waals surface area contributed by atoms with E-state index in [2.05, 4.69) is 32.6 Å². The second-order valence-electron chi connectivity index (χ2n) is 5.14. The molecule has 0 spiro atoms. The maximum absolute atomic E-state index is 11.8. The van der Waals surface area contributed by atoms with Crippen molar-refractivity contribution >= 4 is 5.91 Å². The molecule has 88 valence electrons. The van der Waals surface area contributed by atoms with Crippen molar-refractivity contribution in [2.24, 2.45) is 5.92 Å². The number of piperazine rings is 1. The first kappa shape index (κ1) is 12.5. The molecular formula is C12H24N2O. The van der Waals surface area contributed by atoms with Crippen LogP contribution in [0.4, 0.5) is 0 Å². The van der Waals surface area contributed by atoms with Gasteiger partial charge in [-0.2, -0.15) is 0 Å². The lowest BCUT2D eigenvalue weighted by Crippen LogP contribution is -2.52. The van der Waals surface area contributed by atoms with Crippen LogP contribution in [-0.2, 0) is 4.79 Å². The molecule has 0 aliphatic carbocycles. The van der Waals surface area contributed by atoms with Crippen LogP contribution in [-0.4, -0.2) is 47.9 Å². The zero-order chi connectivity index (χ0) is 11.4. The number of rotatable bonds is 4. The highest BCUT2D eigenvalue weighted by Gasteiger charge is 2.25. The van der Waals surface area contributed by atoms with Crippen molar-refractivity contribution in [3.63, 3.8) is 0 Å². The minimum absolute atomic E-state index is 0.292. The first-order valence-corrected chi connectivity index (χ1v) is 6.02. The monoisotopic (exact) mass is 212 g/mol. The van der Waals surface area contributed by atoms with E-state index >= 15 is 0 Å². The van der Waals surface area contributed by atoms with Gasteiger partial charge >= 0.3 is 0 Å². The molecule has 0 aromatic heterocycles. The molecular weight excluding hydrogens is 188 g/mol. The van der Waals surface area contributed by atoms with Crippen LogP contribution in [0.5, 0.6) is 0 Å². The van der Waals surface area contributed by atoms with E-state index in [4.69, 9.17) is 0 Å². The molecule has 1 aliphatic heterocycles. The summed E-state index contributed by atoms with van der Waals surface area (Å²) < 4.78 is 0. The number of amides is 1. The number of hydrogen-bond donors (Lipinski definition) is 0. The fourth-order valence-electron chi connectivity index (χ4n) is 1.91. The van der Waals surface area contributed by atoms with Crippen LogP contribution in [0.2, 0.25) is 0 Å². The molecule has 1 amide bonds. The van der Waals surface area contributed by atoms with E-state index in [1.165, 1.54) is 6.42 Å². The quantitative estimate of drug-likeness (QED) is 0.706. The van der Waals surface area contributed by atoms with Crippen LogP contribution in [0.15, 0.2) is 0 Å². The van der Waals surface area contributed by atoms with E-state index in [1.807, 2.05) is 4.90 Å². The Morgan fingerprint density at radius 3 is 2.33 bits per heavy atom. The van der Waals surface area contributed by atoms with Crippen molar-refractivity contribution in [3.8, 4) is 0 Å². The first-order valence-electron chi connectivity index (χ1n) is 6.02. The van der Waals surface area contributed by atoms with Crippen LogP contribution in [0.1, 0.15) is 34.1 Å². The molecule has 0 aromatic rings. The van der Waals surface area contributed by atoms with Crippen LogP contribution < -0.4 is 0 Å². The van der Waals surface area contributed by atoms with Gasteiger partial charge in [0.25, 0.3) is 0 Å². The molecule has 0 atom stereocenters. The van der Waals surface area contributed by atoms with Crippen molar-refractivity contribution in [2.75, 3.05) is 26.2 Å². The summed E-state index contributed by atoms with van der Waals surface area (Å²) in [6.07, 6.45) is 1.19.